The normalized spacial score (nSPS) is 17.7. The molecule has 0 unspecified atom stereocenters. The summed E-state index contributed by atoms with van der Waals surface area (Å²) < 4.78 is 0. The summed E-state index contributed by atoms with van der Waals surface area (Å²) in [6.45, 7) is 2.09. The number of nitro groups is 1. The fraction of sp³-hybridized carbons (Fsp3) is 0.357. The van der Waals surface area contributed by atoms with Gasteiger partial charge in [-0.1, -0.05) is 0 Å². The average Bonchev–Trinajstić information content (AvgIpc) is 3.17. The average molecular weight is 301 g/mol. The van der Waals surface area contributed by atoms with E-state index in [0.29, 0.717) is 23.6 Å². The maximum atomic E-state index is 11.4. The summed E-state index contributed by atoms with van der Waals surface area (Å²) in [5.41, 5.74) is 0.791. The Morgan fingerprint density at radius 2 is 2.32 bits per heavy atom. The van der Waals surface area contributed by atoms with E-state index in [9.17, 15) is 14.9 Å². The van der Waals surface area contributed by atoms with Crippen LogP contribution >= 0.6 is 0 Å². The lowest BCUT2D eigenvalue weighted by molar-refractivity contribution is -0.384. The molecular formula is C14H15N5O3. The molecule has 1 fully saturated rings. The van der Waals surface area contributed by atoms with Gasteiger partial charge in [0.15, 0.2) is 5.78 Å². The predicted molar refractivity (Wildman–Crippen MR) is 78.8 cm³/mol. The zero-order chi connectivity index (χ0) is 15.7. The molecule has 1 aliphatic rings. The predicted octanol–water partition coefficient (Wildman–Crippen LogP) is 2.26. The second kappa shape index (κ2) is 5.55. The van der Waals surface area contributed by atoms with Crippen LogP contribution in [0.3, 0.4) is 0 Å². The molecule has 0 amide bonds. The van der Waals surface area contributed by atoms with Crippen molar-refractivity contribution in [1.29, 1.82) is 0 Å². The Bertz CT molecular complexity index is 713. The molecule has 0 radical (unpaired) electrons. The lowest BCUT2D eigenvalue weighted by atomic mass is 10.1. The van der Waals surface area contributed by atoms with Crippen molar-refractivity contribution in [3.05, 3.63) is 46.0 Å². The van der Waals surface area contributed by atoms with Crippen LogP contribution in [0.2, 0.25) is 0 Å². The Morgan fingerprint density at radius 3 is 2.95 bits per heavy atom. The Balaban J connectivity index is 2.03. The molecule has 0 saturated carbocycles. The van der Waals surface area contributed by atoms with E-state index >= 15 is 0 Å². The third kappa shape index (κ3) is 2.43. The summed E-state index contributed by atoms with van der Waals surface area (Å²) in [5, 5.41) is 18.1. The van der Waals surface area contributed by atoms with E-state index < -0.39 is 4.92 Å². The van der Waals surface area contributed by atoms with Gasteiger partial charge in [0, 0.05) is 18.2 Å². The number of ketones is 1. The Labute approximate surface area is 126 Å². The zero-order valence-corrected chi connectivity index (χ0v) is 12.0. The van der Waals surface area contributed by atoms with E-state index in [2.05, 4.69) is 15.2 Å². The summed E-state index contributed by atoms with van der Waals surface area (Å²) in [6.07, 6.45) is 3.19. The zero-order valence-electron chi connectivity index (χ0n) is 12.0. The number of nitrogens with zero attached hydrogens (tertiary/aromatic N) is 4. The van der Waals surface area contributed by atoms with Crippen molar-refractivity contribution < 1.29 is 9.72 Å². The number of aromatic nitrogens is 3. The molecule has 0 spiro atoms. The highest BCUT2D eigenvalue weighted by molar-refractivity contribution is 5.95. The molecule has 8 nitrogen and oxygen atoms in total. The largest absolute Gasteiger partial charge is 0.356 e. The number of hydrogen-bond acceptors (Lipinski definition) is 6. The van der Waals surface area contributed by atoms with E-state index in [1.54, 1.807) is 12.1 Å². The van der Waals surface area contributed by atoms with E-state index in [1.807, 2.05) is 4.90 Å². The van der Waals surface area contributed by atoms with E-state index in [-0.39, 0.29) is 17.5 Å². The molecule has 2 aromatic rings. The Kier molecular flexibility index (Phi) is 3.58. The monoisotopic (exact) mass is 301 g/mol. The quantitative estimate of drug-likeness (QED) is 0.527. The Morgan fingerprint density at radius 1 is 1.50 bits per heavy atom. The van der Waals surface area contributed by atoms with Gasteiger partial charge in [0.2, 0.25) is 0 Å². The van der Waals surface area contributed by atoms with Crippen LogP contribution in [0.5, 0.6) is 0 Å². The lowest BCUT2D eigenvalue weighted by Crippen LogP contribution is -2.24. The van der Waals surface area contributed by atoms with Crippen LogP contribution in [0.4, 0.5) is 11.4 Å². The number of carbonyl (C=O) groups is 1. The highest BCUT2D eigenvalue weighted by Crippen LogP contribution is 2.39. The van der Waals surface area contributed by atoms with Crippen molar-refractivity contribution in [3.8, 4) is 0 Å². The summed E-state index contributed by atoms with van der Waals surface area (Å²) in [5.74, 6) is 0.505. The lowest BCUT2D eigenvalue weighted by Gasteiger charge is -2.24. The first-order valence-corrected chi connectivity index (χ1v) is 6.99. The van der Waals surface area contributed by atoms with Gasteiger partial charge in [0.1, 0.15) is 17.8 Å². The summed E-state index contributed by atoms with van der Waals surface area (Å²) in [6, 6.07) is 4.54. The van der Waals surface area contributed by atoms with Gasteiger partial charge in [-0.15, -0.1) is 0 Å². The number of benzene rings is 1. The second-order valence-electron chi connectivity index (χ2n) is 5.24. The molecule has 1 aromatic heterocycles. The van der Waals surface area contributed by atoms with Gasteiger partial charge in [-0.2, -0.15) is 5.10 Å². The number of rotatable bonds is 4. The molecule has 8 heteroatoms. The number of anilines is 1. The molecule has 22 heavy (non-hydrogen) atoms. The molecular weight excluding hydrogens is 286 g/mol. The minimum absolute atomic E-state index is 0.0564. The molecule has 1 saturated heterocycles. The van der Waals surface area contributed by atoms with Gasteiger partial charge in [-0.25, -0.2) is 4.98 Å². The first-order valence-electron chi connectivity index (χ1n) is 6.99. The van der Waals surface area contributed by atoms with Gasteiger partial charge >= 0.3 is 0 Å². The SMILES string of the molecule is CC(=O)c1ccc(N2CCC[C@@H]2c2ncn[nH]2)c([N+](=O)[O-])c1. The van der Waals surface area contributed by atoms with Crippen LogP contribution in [0.25, 0.3) is 0 Å². The number of Topliss-reactive ketones (excluding diaryl/α,β-unsaturated/α-hetero) is 1. The molecule has 1 N–H and O–H groups in total. The van der Waals surface area contributed by atoms with Crippen molar-refractivity contribution >= 4 is 17.2 Å². The van der Waals surface area contributed by atoms with Crippen molar-refractivity contribution in [1.82, 2.24) is 15.2 Å². The molecule has 3 rings (SSSR count). The van der Waals surface area contributed by atoms with Crippen molar-refractivity contribution in [2.75, 3.05) is 11.4 Å². The van der Waals surface area contributed by atoms with Crippen LogP contribution in [0.15, 0.2) is 24.5 Å². The molecule has 1 atom stereocenters. The van der Waals surface area contributed by atoms with Gasteiger partial charge < -0.3 is 4.90 Å². The number of aromatic amines is 1. The maximum absolute atomic E-state index is 11.4. The number of carbonyl (C=O) groups excluding carboxylic acids is 1. The first-order chi connectivity index (χ1) is 10.6. The molecule has 1 aromatic carbocycles. The minimum atomic E-state index is -0.447. The summed E-state index contributed by atoms with van der Waals surface area (Å²) in [7, 11) is 0. The maximum Gasteiger partial charge on any atom is 0.293 e. The molecule has 0 bridgehead atoms. The molecule has 0 aliphatic carbocycles. The smallest absolute Gasteiger partial charge is 0.293 e. The summed E-state index contributed by atoms with van der Waals surface area (Å²) in [4.78, 5) is 28.5. The molecule has 114 valence electrons. The van der Waals surface area contributed by atoms with Crippen LogP contribution in [-0.4, -0.2) is 32.4 Å². The Hall–Kier alpha value is -2.77. The van der Waals surface area contributed by atoms with Gasteiger partial charge in [0.05, 0.1) is 11.0 Å². The van der Waals surface area contributed by atoms with Crippen LogP contribution in [-0.2, 0) is 0 Å². The number of H-pyrrole nitrogens is 1. The summed E-state index contributed by atoms with van der Waals surface area (Å²) >= 11 is 0. The number of nitro benzene ring substituents is 1. The van der Waals surface area contributed by atoms with Crippen molar-refractivity contribution in [3.63, 3.8) is 0 Å². The fourth-order valence-electron chi connectivity index (χ4n) is 2.85. The minimum Gasteiger partial charge on any atom is -0.356 e. The molecule has 2 heterocycles. The van der Waals surface area contributed by atoms with E-state index in [4.69, 9.17) is 0 Å². The standard InChI is InChI=1S/C14H15N5O3/c1-9(20)10-4-5-11(13(7-10)19(21)22)18-6-2-3-12(18)14-15-8-16-17-14/h4-5,7-8,12H,2-3,6H2,1H3,(H,15,16,17)/t12-/m1/s1. The topological polar surface area (TPSA) is 105 Å². The second-order valence-corrected chi connectivity index (χ2v) is 5.24. The van der Waals surface area contributed by atoms with Gasteiger partial charge in [-0.3, -0.25) is 20.0 Å². The highest BCUT2D eigenvalue weighted by Gasteiger charge is 2.32. The van der Waals surface area contributed by atoms with E-state index in [1.165, 1.54) is 19.3 Å². The van der Waals surface area contributed by atoms with E-state index in [0.717, 1.165) is 12.8 Å². The fourth-order valence-corrected chi connectivity index (χ4v) is 2.85. The third-order valence-electron chi connectivity index (χ3n) is 3.89. The van der Waals surface area contributed by atoms with Crippen molar-refractivity contribution in [2.24, 2.45) is 0 Å². The van der Waals surface area contributed by atoms with Crippen LogP contribution < -0.4 is 4.90 Å². The number of nitrogens with one attached hydrogen (secondary N) is 1. The van der Waals surface area contributed by atoms with Crippen LogP contribution in [0, 0.1) is 10.1 Å². The number of hydrogen-bond donors (Lipinski definition) is 1. The first kappa shape index (κ1) is 14.2. The molecule has 1 aliphatic heterocycles. The van der Waals surface area contributed by atoms with Gasteiger partial charge in [-0.05, 0) is 31.9 Å². The van der Waals surface area contributed by atoms with Crippen molar-refractivity contribution in [2.45, 2.75) is 25.8 Å². The van der Waals surface area contributed by atoms with Gasteiger partial charge in [0.25, 0.3) is 5.69 Å². The highest BCUT2D eigenvalue weighted by atomic mass is 16.6. The van der Waals surface area contributed by atoms with Crippen LogP contribution in [0.1, 0.15) is 42.0 Å². The third-order valence-corrected chi connectivity index (χ3v) is 3.89.